The fourth-order valence-electron chi connectivity index (χ4n) is 0.997. The summed E-state index contributed by atoms with van der Waals surface area (Å²) in [6.07, 6.45) is 10.4. The monoisotopic (exact) mass is 260 g/mol. The van der Waals surface area contributed by atoms with E-state index in [1.54, 1.807) is 28.2 Å². The SMILES string of the molecule is C[N-]C.C[N-]C.OCCCC1C=CC=C1.[Ti+2]. The van der Waals surface area contributed by atoms with E-state index in [1.807, 2.05) is 0 Å². The summed E-state index contributed by atoms with van der Waals surface area (Å²) in [6, 6.07) is 0. The molecule has 92 valence electrons. The number of aliphatic hydroxyl groups excluding tert-OH is 1. The van der Waals surface area contributed by atoms with Crippen LogP contribution in [-0.2, 0) is 21.7 Å². The van der Waals surface area contributed by atoms with Crippen molar-refractivity contribution in [3.8, 4) is 0 Å². The molecule has 0 aliphatic heterocycles. The van der Waals surface area contributed by atoms with E-state index in [4.69, 9.17) is 5.11 Å². The maximum atomic E-state index is 8.48. The molecule has 1 aliphatic carbocycles. The smallest absolute Gasteiger partial charge is 0.668 e. The fraction of sp³-hybridized carbons (Fsp3) is 0.667. The van der Waals surface area contributed by atoms with Crippen LogP contribution in [0.4, 0.5) is 0 Å². The zero-order valence-electron chi connectivity index (χ0n) is 10.8. The quantitative estimate of drug-likeness (QED) is 0.779. The first-order valence-corrected chi connectivity index (χ1v) is 5.18. The van der Waals surface area contributed by atoms with Crippen LogP contribution in [-0.4, -0.2) is 39.9 Å². The van der Waals surface area contributed by atoms with Gasteiger partial charge in [-0.05, 0) is 18.8 Å². The van der Waals surface area contributed by atoms with Crippen molar-refractivity contribution in [2.75, 3.05) is 34.8 Å². The van der Waals surface area contributed by atoms with Gasteiger partial charge in [0.2, 0.25) is 0 Å². The molecule has 0 amide bonds. The van der Waals surface area contributed by atoms with E-state index >= 15 is 0 Å². The van der Waals surface area contributed by atoms with Crippen molar-refractivity contribution in [2.45, 2.75) is 12.8 Å². The van der Waals surface area contributed by atoms with Crippen LogP contribution < -0.4 is 0 Å². The van der Waals surface area contributed by atoms with E-state index in [9.17, 15) is 0 Å². The second kappa shape index (κ2) is 20.5. The molecule has 16 heavy (non-hydrogen) atoms. The third kappa shape index (κ3) is 19.6. The van der Waals surface area contributed by atoms with Gasteiger partial charge in [-0.25, -0.2) is 0 Å². The summed E-state index contributed by atoms with van der Waals surface area (Å²) in [5.74, 6) is 0.595. The van der Waals surface area contributed by atoms with Gasteiger partial charge in [-0.3, -0.25) is 0 Å². The second-order valence-electron chi connectivity index (χ2n) is 3.19. The molecule has 1 N–H and O–H groups in total. The standard InChI is InChI=1S/C8H12O.2C2H6N.Ti/c9-7-3-6-8-4-1-2-5-8;2*1-3-2;/h1-2,4-5,8-9H,3,6-7H2;2*1-2H3;/q;2*-1;+2. The predicted molar refractivity (Wildman–Crippen MR) is 68.5 cm³/mol. The average molecular weight is 260 g/mol. The molecule has 0 radical (unpaired) electrons. The number of rotatable bonds is 3. The molecule has 0 atom stereocenters. The van der Waals surface area contributed by atoms with Gasteiger partial charge in [-0.15, -0.1) is 0 Å². The Morgan fingerprint density at radius 1 is 1.00 bits per heavy atom. The Morgan fingerprint density at radius 2 is 1.38 bits per heavy atom. The Kier molecular flexibility index (Phi) is 27.4. The number of nitrogens with zero attached hydrogens (tertiary/aromatic N) is 2. The zero-order chi connectivity index (χ0) is 11.9. The van der Waals surface area contributed by atoms with Crippen LogP contribution in [0.15, 0.2) is 24.3 Å². The molecular formula is C12H24N2OTi. The summed E-state index contributed by atoms with van der Waals surface area (Å²) in [6.45, 7) is 0.318. The van der Waals surface area contributed by atoms with Gasteiger partial charge in [0.1, 0.15) is 0 Å². The Labute approximate surface area is 115 Å². The van der Waals surface area contributed by atoms with Crippen molar-refractivity contribution in [1.82, 2.24) is 0 Å². The fourth-order valence-corrected chi connectivity index (χ4v) is 0.997. The van der Waals surface area contributed by atoms with Gasteiger partial charge in [0.25, 0.3) is 0 Å². The van der Waals surface area contributed by atoms with Gasteiger partial charge in [0, 0.05) is 6.61 Å². The van der Waals surface area contributed by atoms with Gasteiger partial charge in [-0.1, -0.05) is 24.3 Å². The molecule has 4 heteroatoms. The first kappa shape index (κ1) is 21.4. The molecule has 0 unspecified atom stereocenters. The average Bonchev–Trinajstić information content (AvgIpc) is 2.70. The van der Waals surface area contributed by atoms with Crippen LogP contribution >= 0.6 is 0 Å². The van der Waals surface area contributed by atoms with E-state index in [0.29, 0.717) is 12.5 Å². The van der Waals surface area contributed by atoms with Gasteiger partial charge in [0.15, 0.2) is 0 Å². The molecule has 0 aromatic heterocycles. The Hall–Kier alpha value is 0.0743. The summed E-state index contributed by atoms with van der Waals surface area (Å²) in [4.78, 5) is 0. The van der Waals surface area contributed by atoms with Crippen LogP contribution in [0.3, 0.4) is 0 Å². The van der Waals surface area contributed by atoms with Gasteiger partial charge in [0.05, 0.1) is 0 Å². The molecule has 3 nitrogen and oxygen atoms in total. The zero-order valence-corrected chi connectivity index (χ0v) is 12.4. The van der Waals surface area contributed by atoms with E-state index in [1.165, 1.54) is 0 Å². The largest absolute Gasteiger partial charge is 2.00 e. The van der Waals surface area contributed by atoms with E-state index < -0.39 is 0 Å². The first-order valence-electron chi connectivity index (χ1n) is 5.18. The molecule has 0 bridgehead atoms. The molecule has 0 spiro atoms. The van der Waals surface area contributed by atoms with Crippen molar-refractivity contribution in [1.29, 1.82) is 0 Å². The normalized spacial score (nSPS) is 12.1. The minimum absolute atomic E-state index is 0. The maximum Gasteiger partial charge on any atom is 2.00 e. The van der Waals surface area contributed by atoms with E-state index in [2.05, 4.69) is 34.9 Å². The van der Waals surface area contributed by atoms with Crippen molar-refractivity contribution in [2.24, 2.45) is 5.92 Å². The van der Waals surface area contributed by atoms with Crippen LogP contribution in [0.5, 0.6) is 0 Å². The van der Waals surface area contributed by atoms with Crippen molar-refractivity contribution in [3.05, 3.63) is 34.9 Å². The predicted octanol–water partition coefficient (Wildman–Crippen LogP) is 2.74. The summed E-state index contributed by atoms with van der Waals surface area (Å²) in [7, 11) is 7.00. The molecule has 0 fully saturated rings. The van der Waals surface area contributed by atoms with Crippen molar-refractivity contribution in [3.63, 3.8) is 0 Å². The molecule has 0 saturated heterocycles. The molecule has 0 saturated carbocycles. The van der Waals surface area contributed by atoms with Crippen LogP contribution in [0.1, 0.15) is 12.8 Å². The Bertz CT molecular complexity index is 147. The number of allylic oxidation sites excluding steroid dienone is 4. The Balaban J connectivity index is -0.000000207. The van der Waals surface area contributed by atoms with Crippen LogP contribution in [0.25, 0.3) is 10.6 Å². The molecule has 0 aromatic carbocycles. The summed E-state index contributed by atoms with van der Waals surface area (Å²) >= 11 is 0. The third-order valence-corrected chi connectivity index (χ3v) is 1.52. The van der Waals surface area contributed by atoms with Crippen LogP contribution in [0.2, 0.25) is 0 Å². The van der Waals surface area contributed by atoms with E-state index in [0.717, 1.165) is 12.8 Å². The Morgan fingerprint density at radius 3 is 1.69 bits per heavy atom. The number of hydrogen-bond donors (Lipinski definition) is 1. The minimum atomic E-state index is 0. The van der Waals surface area contributed by atoms with Gasteiger partial charge in [-0.2, -0.15) is 28.2 Å². The molecule has 0 aromatic rings. The number of aliphatic hydroxyl groups is 1. The summed E-state index contributed by atoms with van der Waals surface area (Å²) in [5.41, 5.74) is 0. The van der Waals surface area contributed by atoms with Crippen LogP contribution in [0, 0.1) is 5.92 Å². The van der Waals surface area contributed by atoms with Gasteiger partial charge < -0.3 is 15.7 Å². The first-order chi connectivity index (χ1) is 7.26. The van der Waals surface area contributed by atoms with E-state index in [-0.39, 0.29) is 21.7 Å². The van der Waals surface area contributed by atoms with Crippen molar-refractivity contribution >= 4 is 0 Å². The third-order valence-electron chi connectivity index (χ3n) is 1.52. The maximum absolute atomic E-state index is 8.48. The minimum Gasteiger partial charge on any atom is -0.668 e. The number of hydrogen-bond acceptors (Lipinski definition) is 1. The molecule has 1 aliphatic rings. The molecular weight excluding hydrogens is 236 g/mol. The summed E-state index contributed by atoms with van der Waals surface area (Å²) in [5, 5.41) is 15.5. The molecule has 1 rings (SSSR count). The second-order valence-corrected chi connectivity index (χ2v) is 3.19. The summed E-state index contributed by atoms with van der Waals surface area (Å²) < 4.78 is 0. The molecule has 0 heterocycles. The van der Waals surface area contributed by atoms with Crippen molar-refractivity contribution < 1.29 is 26.8 Å². The van der Waals surface area contributed by atoms with Gasteiger partial charge >= 0.3 is 21.7 Å². The topological polar surface area (TPSA) is 48.4 Å².